The van der Waals surface area contributed by atoms with Gasteiger partial charge in [0.2, 0.25) is 0 Å². The third kappa shape index (κ3) is 3.01. The van der Waals surface area contributed by atoms with Crippen LogP contribution in [0, 0.1) is 0 Å². The molecule has 0 bridgehead atoms. The lowest BCUT2D eigenvalue weighted by Gasteiger charge is -2.15. The average Bonchev–Trinajstić information content (AvgIpc) is 2.73. The number of aliphatic hydroxyl groups is 1. The van der Waals surface area contributed by atoms with Crippen molar-refractivity contribution >= 4 is 6.09 Å². The Hall–Kier alpha value is -1.55. The molecule has 1 heterocycles. The second-order valence-electron chi connectivity index (χ2n) is 4.64. The van der Waals surface area contributed by atoms with Gasteiger partial charge in [-0.25, -0.2) is 4.79 Å². The fourth-order valence-electron chi connectivity index (χ4n) is 2.15. The molecule has 0 aromatic heterocycles. The highest BCUT2D eigenvalue weighted by Gasteiger charge is 2.35. The summed E-state index contributed by atoms with van der Waals surface area (Å²) in [6.07, 6.45) is 0.269. The van der Waals surface area contributed by atoms with E-state index in [0.29, 0.717) is 19.5 Å². The number of carbonyl (C=O) groups is 1. The smallest absolute Gasteiger partial charge is 0.410 e. The molecule has 0 aliphatic carbocycles. The average molecular weight is 249 g/mol. The fourth-order valence-corrected chi connectivity index (χ4v) is 2.15. The molecule has 0 unspecified atom stereocenters. The fraction of sp³-hybridized carbons (Fsp3) is 0.500. The number of hydrogen-bond donors (Lipinski definition) is 1. The summed E-state index contributed by atoms with van der Waals surface area (Å²) in [4.78, 5) is 13.3. The first-order chi connectivity index (χ1) is 8.70. The van der Waals surface area contributed by atoms with Crippen LogP contribution in [0.4, 0.5) is 4.79 Å². The maximum absolute atomic E-state index is 11.7. The molecule has 0 saturated carbocycles. The van der Waals surface area contributed by atoms with Gasteiger partial charge in [0.1, 0.15) is 6.10 Å². The van der Waals surface area contributed by atoms with Crippen molar-refractivity contribution in [3.8, 4) is 0 Å². The molecule has 0 spiro atoms. The van der Waals surface area contributed by atoms with Crippen LogP contribution in [0.15, 0.2) is 30.3 Å². The number of hydrogen-bond acceptors (Lipinski definition) is 3. The lowest BCUT2D eigenvalue weighted by molar-refractivity contribution is 0.0276. The Bertz CT molecular complexity index is 393. The molecule has 4 heteroatoms. The van der Waals surface area contributed by atoms with Crippen LogP contribution in [0.3, 0.4) is 0 Å². The Balaban J connectivity index is 1.93. The summed E-state index contributed by atoms with van der Waals surface area (Å²) in [7, 11) is 0. The van der Waals surface area contributed by atoms with E-state index >= 15 is 0 Å². The van der Waals surface area contributed by atoms with E-state index in [4.69, 9.17) is 4.74 Å². The Morgan fingerprint density at radius 1 is 1.44 bits per heavy atom. The van der Waals surface area contributed by atoms with Crippen molar-refractivity contribution in [2.75, 3.05) is 6.54 Å². The van der Waals surface area contributed by atoms with Gasteiger partial charge in [-0.05, 0) is 12.0 Å². The molecule has 1 fully saturated rings. The Kier molecular flexibility index (Phi) is 4.20. The predicted molar refractivity (Wildman–Crippen MR) is 68.0 cm³/mol. The summed E-state index contributed by atoms with van der Waals surface area (Å²) < 4.78 is 5.20. The highest BCUT2D eigenvalue weighted by atomic mass is 16.6. The zero-order valence-electron chi connectivity index (χ0n) is 10.6. The second-order valence-corrected chi connectivity index (χ2v) is 4.64. The molecule has 4 nitrogen and oxygen atoms in total. The monoisotopic (exact) mass is 249 g/mol. The van der Waals surface area contributed by atoms with Crippen molar-refractivity contribution < 1.29 is 14.6 Å². The molecule has 1 aromatic rings. The summed E-state index contributed by atoms with van der Waals surface area (Å²) >= 11 is 0. The van der Waals surface area contributed by atoms with Crippen LogP contribution in [0.25, 0.3) is 0 Å². The first kappa shape index (κ1) is 12.9. The normalized spacial score (nSPS) is 20.9. The van der Waals surface area contributed by atoms with Gasteiger partial charge in [0, 0.05) is 6.54 Å². The van der Waals surface area contributed by atoms with Crippen LogP contribution in [0.1, 0.15) is 25.3 Å². The van der Waals surface area contributed by atoms with E-state index in [1.807, 2.05) is 37.3 Å². The molecule has 1 saturated heterocycles. The van der Waals surface area contributed by atoms with Crippen molar-refractivity contribution in [2.24, 2.45) is 0 Å². The van der Waals surface area contributed by atoms with E-state index in [2.05, 4.69) is 0 Å². The first-order valence-electron chi connectivity index (χ1n) is 6.38. The Morgan fingerprint density at radius 2 is 2.17 bits per heavy atom. The van der Waals surface area contributed by atoms with E-state index in [9.17, 15) is 9.90 Å². The van der Waals surface area contributed by atoms with Crippen LogP contribution in [-0.2, 0) is 11.3 Å². The van der Waals surface area contributed by atoms with E-state index in [1.54, 1.807) is 4.90 Å². The summed E-state index contributed by atoms with van der Waals surface area (Å²) in [6.45, 7) is 3.01. The minimum absolute atomic E-state index is 0.334. The Morgan fingerprint density at radius 3 is 2.83 bits per heavy atom. The minimum atomic E-state index is -0.556. The van der Waals surface area contributed by atoms with Gasteiger partial charge >= 0.3 is 6.09 Å². The van der Waals surface area contributed by atoms with Crippen molar-refractivity contribution in [1.82, 2.24) is 4.90 Å². The number of cyclic esters (lactones) is 1. The Labute approximate surface area is 107 Å². The van der Waals surface area contributed by atoms with Gasteiger partial charge in [0.25, 0.3) is 0 Å². The zero-order valence-corrected chi connectivity index (χ0v) is 10.6. The zero-order chi connectivity index (χ0) is 13.0. The molecule has 18 heavy (non-hydrogen) atoms. The molecule has 1 aromatic carbocycles. The number of rotatable bonds is 5. The van der Waals surface area contributed by atoms with E-state index in [-0.39, 0.29) is 12.2 Å². The highest BCUT2D eigenvalue weighted by Crippen LogP contribution is 2.19. The molecule has 0 radical (unpaired) electrons. The highest BCUT2D eigenvalue weighted by molar-refractivity contribution is 5.70. The number of ether oxygens (including phenoxy) is 1. The van der Waals surface area contributed by atoms with E-state index in [0.717, 1.165) is 12.0 Å². The molecular weight excluding hydrogens is 230 g/mol. The predicted octanol–water partition coefficient (Wildman–Crippen LogP) is 2.17. The van der Waals surface area contributed by atoms with Crippen molar-refractivity contribution in [3.63, 3.8) is 0 Å². The molecule has 98 valence electrons. The summed E-state index contributed by atoms with van der Waals surface area (Å²) in [5.74, 6) is 0. The molecule has 1 amide bonds. The van der Waals surface area contributed by atoms with Gasteiger partial charge in [-0.2, -0.15) is 0 Å². The third-order valence-electron chi connectivity index (χ3n) is 3.14. The van der Waals surface area contributed by atoms with Gasteiger partial charge in [-0.1, -0.05) is 43.7 Å². The van der Waals surface area contributed by atoms with E-state index < -0.39 is 6.10 Å². The van der Waals surface area contributed by atoms with Crippen LogP contribution in [0.2, 0.25) is 0 Å². The molecule has 2 rings (SSSR count). The van der Waals surface area contributed by atoms with Gasteiger partial charge in [0.05, 0.1) is 12.6 Å². The SMILES string of the molecule is CCC[C@@H](O)[C@H]1CN(Cc2ccccc2)C(=O)O1. The topological polar surface area (TPSA) is 49.8 Å². The number of aliphatic hydroxyl groups excluding tert-OH is 1. The van der Waals surface area contributed by atoms with Crippen LogP contribution in [-0.4, -0.2) is 34.9 Å². The van der Waals surface area contributed by atoms with Gasteiger partial charge in [-0.3, -0.25) is 0 Å². The van der Waals surface area contributed by atoms with Gasteiger partial charge < -0.3 is 14.7 Å². The standard InChI is InChI=1S/C14H19NO3/c1-2-6-12(16)13-10-15(14(17)18-13)9-11-7-4-3-5-8-11/h3-5,7-8,12-13,16H,2,6,9-10H2,1H3/t12-,13-/m1/s1. The molecule has 1 N–H and O–H groups in total. The van der Waals surface area contributed by atoms with Crippen molar-refractivity contribution in [2.45, 2.75) is 38.5 Å². The van der Waals surface area contributed by atoms with Gasteiger partial charge in [-0.15, -0.1) is 0 Å². The lowest BCUT2D eigenvalue weighted by atomic mass is 10.1. The first-order valence-corrected chi connectivity index (χ1v) is 6.38. The van der Waals surface area contributed by atoms with Gasteiger partial charge in [0.15, 0.2) is 0 Å². The third-order valence-corrected chi connectivity index (χ3v) is 3.14. The number of carbonyl (C=O) groups excluding carboxylic acids is 1. The summed E-state index contributed by atoms with van der Waals surface area (Å²) in [6, 6.07) is 9.78. The van der Waals surface area contributed by atoms with Crippen molar-refractivity contribution in [1.29, 1.82) is 0 Å². The number of nitrogens with zero attached hydrogens (tertiary/aromatic N) is 1. The second kappa shape index (κ2) is 5.87. The summed E-state index contributed by atoms with van der Waals surface area (Å²) in [5.41, 5.74) is 1.07. The quantitative estimate of drug-likeness (QED) is 0.870. The maximum Gasteiger partial charge on any atom is 0.410 e. The largest absolute Gasteiger partial charge is 0.441 e. The van der Waals surface area contributed by atoms with Crippen molar-refractivity contribution in [3.05, 3.63) is 35.9 Å². The molecule has 1 aliphatic heterocycles. The minimum Gasteiger partial charge on any atom is -0.441 e. The van der Waals surface area contributed by atoms with Crippen LogP contribution in [0.5, 0.6) is 0 Å². The maximum atomic E-state index is 11.7. The van der Waals surface area contributed by atoms with Crippen LogP contribution < -0.4 is 0 Å². The molecule has 2 atom stereocenters. The molecule has 1 aliphatic rings. The van der Waals surface area contributed by atoms with E-state index in [1.165, 1.54) is 0 Å². The molecular formula is C14H19NO3. The summed E-state index contributed by atoms with van der Waals surface area (Å²) in [5, 5.41) is 9.85. The number of benzene rings is 1. The van der Waals surface area contributed by atoms with Crippen LogP contribution >= 0.6 is 0 Å². The number of amides is 1. The lowest BCUT2D eigenvalue weighted by Crippen LogP contribution is -2.30.